The Hall–Kier alpha value is -0.900. The van der Waals surface area contributed by atoms with Gasteiger partial charge in [-0.2, -0.15) is 0 Å². The quantitative estimate of drug-likeness (QED) is 0.772. The second-order valence-electron chi connectivity index (χ2n) is 7.28. The smallest absolute Gasteiger partial charge is 0.0857 e. The van der Waals surface area contributed by atoms with Gasteiger partial charge in [-0.15, -0.1) is 5.10 Å². The molecule has 0 bridgehead atoms. The van der Waals surface area contributed by atoms with E-state index in [1.165, 1.54) is 63.9 Å². The van der Waals surface area contributed by atoms with Gasteiger partial charge in [0, 0.05) is 25.2 Å². The molecule has 0 unspecified atom stereocenters. The Labute approximate surface area is 128 Å². The summed E-state index contributed by atoms with van der Waals surface area (Å²) in [5.74, 6) is 2.36. The first-order valence-electron chi connectivity index (χ1n) is 8.87. The molecule has 4 nitrogen and oxygen atoms in total. The van der Waals surface area contributed by atoms with Crippen LogP contribution in [0.3, 0.4) is 0 Å². The molecular formula is C17H30N4. The van der Waals surface area contributed by atoms with Gasteiger partial charge in [0.05, 0.1) is 5.69 Å². The van der Waals surface area contributed by atoms with Gasteiger partial charge in [-0.3, -0.25) is 4.68 Å². The first-order valence-corrected chi connectivity index (χ1v) is 8.87. The molecule has 0 N–H and O–H groups in total. The summed E-state index contributed by atoms with van der Waals surface area (Å²) >= 11 is 0. The van der Waals surface area contributed by atoms with Crippen molar-refractivity contribution in [3.05, 3.63) is 11.9 Å². The first-order chi connectivity index (χ1) is 10.2. The molecule has 2 fully saturated rings. The van der Waals surface area contributed by atoms with Crippen molar-refractivity contribution in [2.24, 2.45) is 11.8 Å². The van der Waals surface area contributed by atoms with Crippen LogP contribution >= 0.6 is 0 Å². The van der Waals surface area contributed by atoms with Crippen LogP contribution < -0.4 is 0 Å². The first kappa shape index (κ1) is 15.0. The van der Waals surface area contributed by atoms with Crippen LogP contribution in [0.15, 0.2) is 6.20 Å². The molecule has 0 spiro atoms. The lowest BCUT2D eigenvalue weighted by Gasteiger charge is -2.33. The third-order valence-electron chi connectivity index (χ3n) is 5.06. The van der Waals surface area contributed by atoms with Crippen LogP contribution in [0.2, 0.25) is 0 Å². The van der Waals surface area contributed by atoms with Gasteiger partial charge in [-0.1, -0.05) is 25.5 Å². The lowest BCUT2D eigenvalue weighted by atomic mass is 9.95. The van der Waals surface area contributed by atoms with E-state index >= 15 is 0 Å². The Morgan fingerprint density at radius 1 is 1.24 bits per heavy atom. The number of nitrogens with zero attached hydrogens (tertiary/aromatic N) is 4. The second-order valence-corrected chi connectivity index (χ2v) is 7.28. The molecule has 0 amide bonds. The lowest BCUT2D eigenvalue weighted by Crippen LogP contribution is -2.37. The molecule has 4 heteroatoms. The van der Waals surface area contributed by atoms with Crippen molar-refractivity contribution in [1.29, 1.82) is 0 Å². The Morgan fingerprint density at radius 3 is 2.67 bits per heavy atom. The van der Waals surface area contributed by atoms with E-state index in [1.54, 1.807) is 0 Å². The Morgan fingerprint density at radius 2 is 2.00 bits per heavy atom. The van der Waals surface area contributed by atoms with Crippen LogP contribution in [0.4, 0.5) is 0 Å². The topological polar surface area (TPSA) is 34.0 Å². The van der Waals surface area contributed by atoms with Gasteiger partial charge in [0.15, 0.2) is 0 Å². The molecule has 0 aromatic carbocycles. The van der Waals surface area contributed by atoms with Crippen molar-refractivity contribution in [1.82, 2.24) is 19.9 Å². The van der Waals surface area contributed by atoms with Gasteiger partial charge in [0.1, 0.15) is 0 Å². The minimum absolute atomic E-state index is 0.723. The fraction of sp³-hybridized carbons (Fsp3) is 0.882. The van der Waals surface area contributed by atoms with Crippen LogP contribution in [0, 0.1) is 11.8 Å². The molecule has 1 saturated carbocycles. The molecular weight excluding hydrogens is 260 g/mol. The van der Waals surface area contributed by atoms with Crippen molar-refractivity contribution in [2.75, 3.05) is 19.6 Å². The van der Waals surface area contributed by atoms with E-state index in [4.69, 9.17) is 0 Å². The van der Waals surface area contributed by atoms with Crippen molar-refractivity contribution in [2.45, 2.75) is 64.8 Å². The number of aromatic nitrogens is 3. The molecule has 21 heavy (non-hydrogen) atoms. The maximum absolute atomic E-state index is 4.32. The van der Waals surface area contributed by atoms with Crippen LogP contribution in [-0.4, -0.2) is 39.5 Å². The van der Waals surface area contributed by atoms with Crippen molar-refractivity contribution < 1.29 is 0 Å². The highest BCUT2D eigenvalue weighted by Crippen LogP contribution is 2.38. The number of hydrogen-bond donors (Lipinski definition) is 0. The number of likely N-dealkylation sites (tertiary alicyclic amines) is 1. The Kier molecular flexibility index (Phi) is 4.94. The summed E-state index contributed by atoms with van der Waals surface area (Å²) in [6.45, 7) is 9.57. The van der Waals surface area contributed by atoms with E-state index in [0.29, 0.717) is 0 Å². The summed E-state index contributed by atoms with van der Waals surface area (Å²) in [5, 5.41) is 8.64. The maximum atomic E-state index is 4.32. The van der Waals surface area contributed by atoms with Crippen molar-refractivity contribution in [3.8, 4) is 0 Å². The highest BCUT2D eigenvalue weighted by Gasteiger charge is 2.27. The molecule has 2 heterocycles. The third kappa shape index (κ3) is 4.29. The van der Waals surface area contributed by atoms with Crippen LogP contribution in [-0.2, 0) is 6.54 Å². The molecule has 1 aliphatic carbocycles. The average molecular weight is 290 g/mol. The van der Waals surface area contributed by atoms with E-state index in [0.717, 1.165) is 24.3 Å². The molecule has 1 aromatic rings. The summed E-state index contributed by atoms with van der Waals surface area (Å²) < 4.78 is 2.09. The second kappa shape index (κ2) is 6.91. The molecule has 3 rings (SSSR count). The summed E-state index contributed by atoms with van der Waals surface area (Å²) in [4.78, 5) is 2.66. The standard InChI is InChI=1S/C17H30N4/c1-3-4-14(2)11-20-9-7-15(8-10-20)12-21-13-17(18-19-21)16-5-6-16/h13-16H,3-12H2,1-2H3/t14-/m1/s1. The predicted octanol–water partition coefficient (Wildman–Crippen LogP) is 3.30. The summed E-state index contributed by atoms with van der Waals surface area (Å²) in [6, 6.07) is 0. The van der Waals surface area contributed by atoms with E-state index in [2.05, 4.69) is 39.9 Å². The van der Waals surface area contributed by atoms with E-state index in [1.807, 2.05) is 0 Å². The molecule has 0 radical (unpaired) electrons. The van der Waals surface area contributed by atoms with E-state index < -0.39 is 0 Å². The van der Waals surface area contributed by atoms with Crippen molar-refractivity contribution in [3.63, 3.8) is 0 Å². The predicted molar refractivity (Wildman–Crippen MR) is 85.2 cm³/mol. The highest BCUT2D eigenvalue weighted by molar-refractivity contribution is 5.08. The van der Waals surface area contributed by atoms with Crippen LogP contribution in [0.5, 0.6) is 0 Å². The lowest BCUT2D eigenvalue weighted by molar-refractivity contribution is 0.150. The molecule has 1 aromatic heterocycles. The highest BCUT2D eigenvalue weighted by atomic mass is 15.4. The van der Waals surface area contributed by atoms with Crippen molar-refractivity contribution >= 4 is 0 Å². The molecule has 1 atom stereocenters. The Bertz CT molecular complexity index is 430. The van der Waals surface area contributed by atoms with Gasteiger partial charge in [0.2, 0.25) is 0 Å². The fourth-order valence-electron chi connectivity index (χ4n) is 3.61. The van der Waals surface area contributed by atoms with Gasteiger partial charge in [-0.25, -0.2) is 0 Å². The van der Waals surface area contributed by atoms with E-state index in [9.17, 15) is 0 Å². The van der Waals surface area contributed by atoms with Crippen LogP contribution in [0.1, 0.15) is 64.0 Å². The molecule has 1 saturated heterocycles. The maximum Gasteiger partial charge on any atom is 0.0857 e. The van der Waals surface area contributed by atoms with Gasteiger partial charge >= 0.3 is 0 Å². The van der Waals surface area contributed by atoms with Crippen LogP contribution in [0.25, 0.3) is 0 Å². The van der Waals surface area contributed by atoms with E-state index in [-0.39, 0.29) is 0 Å². The SMILES string of the molecule is CCC[C@@H](C)CN1CCC(Cn2cc(C3CC3)nn2)CC1. The molecule has 1 aliphatic heterocycles. The zero-order chi connectivity index (χ0) is 14.7. The zero-order valence-corrected chi connectivity index (χ0v) is 13.7. The zero-order valence-electron chi connectivity index (χ0n) is 13.7. The van der Waals surface area contributed by atoms with Gasteiger partial charge in [-0.05, 0) is 57.0 Å². The monoisotopic (exact) mass is 290 g/mol. The summed E-state index contributed by atoms with van der Waals surface area (Å²) in [5.41, 5.74) is 1.22. The summed E-state index contributed by atoms with van der Waals surface area (Å²) in [6.07, 6.45) is 10.1. The summed E-state index contributed by atoms with van der Waals surface area (Å²) in [7, 11) is 0. The minimum atomic E-state index is 0.723. The third-order valence-corrected chi connectivity index (χ3v) is 5.06. The molecule has 2 aliphatic rings. The number of rotatable bonds is 7. The Balaban J connectivity index is 1.40. The number of hydrogen-bond acceptors (Lipinski definition) is 3. The largest absolute Gasteiger partial charge is 0.303 e. The van der Waals surface area contributed by atoms with Gasteiger partial charge in [0.25, 0.3) is 0 Å². The minimum Gasteiger partial charge on any atom is -0.303 e. The fourth-order valence-corrected chi connectivity index (χ4v) is 3.61. The van der Waals surface area contributed by atoms with Gasteiger partial charge < -0.3 is 4.90 Å². The normalized spacial score (nSPS) is 22.6. The average Bonchev–Trinajstić information content (AvgIpc) is 3.22. The number of piperidine rings is 1. The molecule has 118 valence electrons.